The molecule has 0 spiro atoms. The van der Waals surface area contributed by atoms with Gasteiger partial charge in [-0.2, -0.15) is 18.3 Å². The zero-order valence-electron chi connectivity index (χ0n) is 12.8. The van der Waals surface area contributed by atoms with E-state index in [0.29, 0.717) is 31.1 Å². The van der Waals surface area contributed by atoms with E-state index in [1.54, 1.807) is 4.90 Å². The van der Waals surface area contributed by atoms with E-state index in [0.717, 1.165) is 31.7 Å². The van der Waals surface area contributed by atoms with Crippen LogP contribution >= 0.6 is 0 Å². The summed E-state index contributed by atoms with van der Waals surface area (Å²) in [4.78, 5) is 14.2. The molecule has 0 unspecified atom stereocenters. The predicted octanol–water partition coefficient (Wildman–Crippen LogP) is 3.49. The third-order valence-electron chi connectivity index (χ3n) is 4.65. The van der Waals surface area contributed by atoms with Gasteiger partial charge >= 0.3 is 6.18 Å². The van der Waals surface area contributed by atoms with E-state index in [4.69, 9.17) is 0 Å². The molecule has 4 nitrogen and oxygen atoms in total. The maximum Gasteiger partial charge on any atom is 0.435 e. The summed E-state index contributed by atoms with van der Waals surface area (Å²) in [5.41, 5.74) is -0.428. The number of aromatic amines is 1. The number of likely N-dealkylation sites (tertiary alicyclic amines) is 1. The number of aromatic nitrogens is 2. The molecular weight excluding hydrogens is 307 g/mol. The van der Waals surface area contributed by atoms with Crippen molar-refractivity contribution in [2.45, 2.75) is 44.2 Å². The Morgan fingerprint density at radius 2 is 2.22 bits per heavy atom. The molecule has 1 saturated heterocycles. The Bertz CT molecular complexity index is 594. The van der Waals surface area contributed by atoms with Crippen molar-refractivity contribution in [3.63, 3.8) is 0 Å². The molecule has 1 fully saturated rings. The van der Waals surface area contributed by atoms with Crippen molar-refractivity contribution < 1.29 is 18.0 Å². The minimum Gasteiger partial charge on any atom is -0.342 e. The van der Waals surface area contributed by atoms with Crippen molar-refractivity contribution in [3.05, 3.63) is 29.6 Å². The number of alkyl halides is 3. The van der Waals surface area contributed by atoms with Crippen LogP contribution in [0.4, 0.5) is 13.2 Å². The summed E-state index contributed by atoms with van der Waals surface area (Å²) in [6.07, 6.45) is 3.86. The summed E-state index contributed by atoms with van der Waals surface area (Å²) >= 11 is 0. The minimum absolute atomic E-state index is 0.0989. The van der Waals surface area contributed by atoms with Crippen LogP contribution in [0, 0.1) is 5.92 Å². The summed E-state index contributed by atoms with van der Waals surface area (Å²) in [5.74, 6) is 0.309. The van der Waals surface area contributed by atoms with E-state index in [1.165, 1.54) is 0 Å². The SMILES string of the molecule is O=C(C[C@H]1C=CCC1)N1CCC[C@@H](c2cc(C(F)(F)F)n[nH]2)C1. The molecule has 2 aliphatic rings. The predicted molar refractivity (Wildman–Crippen MR) is 78.6 cm³/mol. The molecule has 1 aromatic rings. The number of rotatable bonds is 3. The molecule has 2 atom stereocenters. The standard InChI is InChI=1S/C16H20F3N3O/c17-16(18,19)14-9-13(20-21-14)12-6-3-7-22(10-12)15(23)8-11-4-1-2-5-11/h1,4,9,11-12H,2-3,5-8,10H2,(H,20,21)/t11-,12+/m0/s1. The molecule has 1 aliphatic carbocycles. The molecule has 1 aromatic heterocycles. The number of nitrogens with one attached hydrogen (secondary N) is 1. The highest BCUT2D eigenvalue weighted by atomic mass is 19.4. The van der Waals surface area contributed by atoms with Crippen LogP contribution < -0.4 is 0 Å². The molecule has 126 valence electrons. The van der Waals surface area contributed by atoms with Gasteiger partial charge < -0.3 is 4.90 Å². The van der Waals surface area contributed by atoms with Crippen LogP contribution in [0.25, 0.3) is 0 Å². The highest BCUT2D eigenvalue weighted by Gasteiger charge is 2.35. The van der Waals surface area contributed by atoms with Crippen molar-refractivity contribution in [1.82, 2.24) is 15.1 Å². The van der Waals surface area contributed by atoms with Crippen molar-refractivity contribution >= 4 is 5.91 Å². The van der Waals surface area contributed by atoms with E-state index >= 15 is 0 Å². The number of amides is 1. The van der Waals surface area contributed by atoms with Gasteiger partial charge in [0.25, 0.3) is 0 Å². The van der Waals surface area contributed by atoms with Crippen molar-refractivity contribution in [3.8, 4) is 0 Å². The van der Waals surface area contributed by atoms with Crippen LogP contribution in [0.15, 0.2) is 18.2 Å². The second kappa shape index (κ2) is 6.37. The molecule has 1 aliphatic heterocycles. The van der Waals surface area contributed by atoms with E-state index < -0.39 is 11.9 Å². The third kappa shape index (κ3) is 3.76. The molecular formula is C16H20F3N3O. The van der Waals surface area contributed by atoms with Gasteiger partial charge in [-0.15, -0.1) is 0 Å². The lowest BCUT2D eigenvalue weighted by molar-refractivity contribution is -0.141. The number of allylic oxidation sites excluding steroid dienone is 2. The number of nitrogens with zero attached hydrogens (tertiary/aromatic N) is 2. The van der Waals surface area contributed by atoms with Gasteiger partial charge in [0.15, 0.2) is 5.69 Å². The molecule has 0 saturated carbocycles. The van der Waals surface area contributed by atoms with Gasteiger partial charge in [0.1, 0.15) is 0 Å². The van der Waals surface area contributed by atoms with Gasteiger partial charge in [0, 0.05) is 31.1 Å². The second-order valence-corrected chi connectivity index (χ2v) is 6.35. The zero-order valence-corrected chi connectivity index (χ0v) is 12.8. The number of hydrogen-bond acceptors (Lipinski definition) is 2. The number of hydrogen-bond donors (Lipinski definition) is 1. The monoisotopic (exact) mass is 327 g/mol. The average molecular weight is 327 g/mol. The summed E-state index contributed by atoms with van der Waals surface area (Å²) in [5, 5.41) is 5.85. The summed E-state index contributed by atoms with van der Waals surface area (Å²) in [6.45, 7) is 1.15. The molecule has 0 bridgehead atoms. The third-order valence-corrected chi connectivity index (χ3v) is 4.65. The Labute approximate surface area is 132 Å². The Balaban J connectivity index is 1.62. The van der Waals surface area contributed by atoms with Gasteiger partial charge in [-0.1, -0.05) is 12.2 Å². The maximum atomic E-state index is 12.6. The number of carbonyl (C=O) groups is 1. The molecule has 7 heteroatoms. The molecule has 23 heavy (non-hydrogen) atoms. The van der Waals surface area contributed by atoms with Gasteiger partial charge in [0.2, 0.25) is 5.91 Å². The first-order valence-electron chi connectivity index (χ1n) is 8.00. The second-order valence-electron chi connectivity index (χ2n) is 6.35. The first-order chi connectivity index (χ1) is 10.9. The van der Waals surface area contributed by atoms with Crippen LogP contribution in [0.1, 0.15) is 49.4 Å². The van der Waals surface area contributed by atoms with Gasteiger partial charge in [-0.05, 0) is 37.7 Å². The lowest BCUT2D eigenvalue weighted by atomic mass is 9.93. The molecule has 3 rings (SSSR count). The van der Waals surface area contributed by atoms with E-state index in [1.807, 2.05) is 0 Å². The first kappa shape index (κ1) is 16.1. The lowest BCUT2D eigenvalue weighted by Crippen LogP contribution is -2.39. The molecule has 2 heterocycles. The van der Waals surface area contributed by atoms with Gasteiger partial charge in [-0.25, -0.2) is 0 Å². The highest BCUT2D eigenvalue weighted by Crippen LogP contribution is 2.32. The highest BCUT2D eigenvalue weighted by molar-refractivity contribution is 5.77. The Morgan fingerprint density at radius 1 is 1.39 bits per heavy atom. The van der Waals surface area contributed by atoms with Crippen molar-refractivity contribution in [1.29, 1.82) is 0 Å². The summed E-state index contributed by atoms with van der Waals surface area (Å²) in [7, 11) is 0. The maximum absolute atomic E-state index is 12.6. The topological polar surface area (TPSA) is 49.0 Å². The van der Waals surface area contributed by atoms with E-state index in [-0.39, 0.29) is 11.8 Å². The van der Waals surface area contributed by atoms with Gasteiger partial charge in [0.05, 0.1) is 0 Å². The minimum atomic E-state index is -4.44. The molecule has 0 radical (unpaired) electrons. The number of H-pyrrole nitrogens is 1. The lowest BCUT2D eigenvalue weighted by Gasteiger charge is -2.32. The average Bonchev–Trinajstić information content (AvgIpc) is 3.18. The quantitative estimate of drug-likeness (QED) is 0.864. The Hall–Kier alpha value is -1.79. The fraction of sp³-hybridized carbons (Fsp3) is 0.625. The first-order valence-corrected chi connectivity index (χ1v) is 8.00. The van der Waals surface area contributed by atoms with Crippen LogP contribution in [-0.2, 0) is 11.0 Å². The van der Waals surface area contributed by atoms with E-state index in [2.05, 4.69) is 22.3 Å². The fourth-order valence-electron chi connectivity index (χ4n) is 3.37. The van der Waals surface area contributed by atoms with Crippen molar-refractivity contribution in [2.75, 3.05) is 13.1 Å². The normalized spacial score (nSPS) is 25.1. The Morgan fingerprint density at radius 3 is 2.87 bits per heavy atom. The van der Waals surface area contributed by atoms with Gasteiger partial charge in [-0.3, -0.25) is 9.89 Å². The zero-order chi connectivity index (χ0) is 16.4. The number of carbonyl (C=O) groups excluding carboxylic acids is 1. The molecule has 1 N–H and O–H groups in total. The van der Waals surface area contributed by atoms with Crippen molar-refractivity contribution in [2.24, 2.45) is 5.92 Å². The van der Waals surface area contributed by atoms with Crippen LogP contribution in [-0.4, -0.2) is 34.1 Å². The van der Waals surface area contributed by atoms with Crippen LogP contribution in [0.3, 0.4) is 0 Å². The molecule has 0 aromatic carbocycles. The van der Waals surface area contributed by atoms with E-state index in [9.17, 15) is 18.0 Å². The summed E-state index contributed by atoms with van der Waals surface area (Å²) in [6, 6.07) is 1.07. The number of piperidine rings is 1. The van der Waals surface area contributed by atoms with Crippen LogP contribution in [0.2, 0.25) is 0 Å². The number of halogens is 3. The molecule has 1 amide bonds. The summed E-state index contributed by atoms with van der Waals surface area (Å²) < 4.78 is 37.9. The Kier molecular flexibility index (Phi) is 4.46. The van der Waals surface area contributed by atoms with Crippen LogP contribution in [0.5, 0.6) is 0 Å². The fourth-order valence-corrected chi connectivity index (χ4v) is 3.37. The smallest absolute Gasteiger partial charge is 0.342 e. The largest absolute Gasteiger partial charge is 0.435 e.